The monoisotopic (exact) mass is 259 g/mol. The second kappa shape index (κ2) is 4.62. The zero-order valence-corrected chi connectivity index (χ0v) is 10.9. The zero-order chi connectivity index (χ0) is 13.4. The fraction of sp³-hybridized carbons (Fsp3) is 0.462. The molecule has 1 aromatic carbocycles. The second-order valence-electron chi connectivity index (χ2n) is 5.16. The molecule has 3 rings (SSSR count). The molecule has 19 heavy (non-hydrogen) atoms. The molecule has 0 saturated carbocycles. The first-order chi connectivity index (χ1) is 9.13. The third-order valence-electron chi connectivity index (χ3n) is 3.76. The molecule has 1 atom stereocenters. The van der Waals surface area contributed by atoms with E-state index in [1.807, 2.05) is 13.1 Å². The Morgan fingerprint density at radius 1 is 1.53 bits per heavy atom. The maximum atomic E-state index is 11.2. The van der Waals surface area contributed by atoms with E-state index in [4.69, 9.17) is 5.73 Å². The minimum absolute atomic E-state index is 0.000230. The second-order valence-corrected chi connectivity index (χ2v) is 5.16. The van der Waals surface area contributed by atoms with Crippen LogP contribution >= 0.6 is 0 Å². The molecule has 2 N–H and O–H groups in total. The summed E-state index contributed by atoms with van der Waals surface area (Å²) in [5, 5.41) is 8.11. The number of aromatic nitrogens is 3. The molecule has 100 valence electrons. The molecule has 0 spiro atoms. The van der Waals surface area contributed by atoms with Gasteiger partial charge in [0.2, 0.25) is 5.91 Å². The summed E-state index contributed by atoms with van der Waals surface area (Å²) in [6, 6.07) is 6.18. The lowest BCUT2D eigenvalue weighted by atomic mass is 10.1. The van der Waals surface area contributed by atoms with Crippen LogP contribution in [-0.4, -0.2) is 38.9 Å². The largest absolute Gasteiger partial charge is 0.369 e. The predicted molar refractivity (Wildman–Crippen MR) is 71.1 cm³/mol. The molecule has 1 aliphatic rings. The molecular formula is C13H17N5O. The Kier molecular flexibility index (Phi) is 2.94. The highest BCUT2D eigenvalue weighted by molar-refractivity contribution is 5.77. The van der Waals surface area contributed by atoms with Crippen molar-refractivity contribution in [3.63, 3.8) is 0 Å². The number of fused-ring (bicyclic) bond motifs is 1. The van der Waals surface area contributed by atoms with Crippen molar-refractivity contribution >= 4 is 16.9 Å². The van der Waals surface area contributed by atoms with Gasteiger partial charge >= 0.3 is 0 Å². The van der Waals surface area contributed by atoms with Crippen molar-refractivity contribution < 1.29 is 4.79 Å². The van der Waals surface area contributed by atoms with E-state index in [1.54, 1.807) is 4.68 Å². The van der Waals surface area contributed by atoms with Crippen LogP contribution < -0.4 is 5.73 Å². The van der Waals surface area contributed by atoms with E-state index < -0.39 is 0 Å². The topological polar surface area (TPSA) is 77.0 Å². The van der Waals surface area contributed by atoms with Crippen LogP contribution in [-0.2, 0) is 18.4 Å². The molecule has 1 unspecified atom stereocenters. The van der Waals surface area contributed by atoms with Crippen LogP contribution in [0.25, 0.3) is 11.0 Å². The summed E-state index contributed by atoms with van der Waals surface area (Å²) in [6.07, 6.45) is 0.864. The van der Waals surface area contributed by atoms with Gasteiger partial charge < -0.3 is 5.73 Å². The number of likely N-dealkylation sites (tertiary alicyclic amines) is 1. The molecule has 1 amide bonds. The van der Waals surface area contributed by atoms with Crippen LogP contribution in [0.4, 0.5) is 0 Å². The lowest BCUT2D eigenvalue weighted by Crippen LogP contribution is -2.27. The average Bonchev–Trinajstić information content (AvgIpc) is 2.97. The highest BCUT2D eigenvalue weighted by Gasteiger charge is 2.26. The third kappa shape index (κ3) is 2.31. The summed E-state index contributed by atoms with van der Waals surface area (Å²) in [7, 11) is 1.88. The van der Waals surface area contributed by atoms with Crippen molar-refractivity contribution in [1.82, 2.24) is 19.9 Å². The number of nitrogens with two attached hydrogens (primary N) is 1. The number of carbonyl (C=O) groups excluding carboxylic acids is 1. The highest BCUT2D eigenvalue weighted by Crippen LogP contribution is 2.20. The average molecular weight is 259 g/mol. The van der Waals surface area contributed by atoms with Gasteiger partial charge in [-0.05, 0) is 30.7 Å². The van der Waals surface area contributed by atoms with Crippen molar-refractivity contribution in [2.75, 3.05) is 13.1 Å². The van der Waals surface area contributed by atoms with Gasteiger partial charge in [0.25, 0.3) is 0 Å². The number of rotatable bonds is 3. The molecule has 6 heteroatoms. The van der Waals surface area contributed by atoms with Crippen LogP contribution in [0.2, 0.25) is 0 Å². The molecule has 0 bridgehead atoms. The van der Waals surface area contributed by atoms with Crippen LogP contribution in [0.5, 0.6) is 0 Å². The number of carbonyl (C=O) groups is 1. The number of primary amides is 1. The summed E-state index contributed by atoms with van der Waals surface area (Å²) in [5.74, 6) is -0.188. The Morgan fingerprint density at radius 2 is 2.37 bits per heavy atom. The fourth-order valence-corrected chi connectivity index (χ4v) is 2.65. The summed E-state index contributed by atoms with van der Waals surface area (Å²) < 4.78 is 1.76. The van der Waals surface area contributed by atoms with E-state index in [1.165, 1.54) is 5.56 Å². The van der Waals surface area contributed by atoms with Crippen molar-refractivity contribution in [3.05, 3.63) is 23.8 Å². The smallest absolute Gasteiger partial charge is 0.221 e. The zero-order valence-electron chi connectivity index (χ0n) is 10.9. The first-order valence-electron chi connectivity index (χ1n) is 6.43. The first-order valence-corrected chi connectivity index (χ1v) is 6.43. The van der Waals surface area contributed by atoms with Crippen LogP contribution in [0.15, 0.2) is 18.2 Å². The van der Waals surface area contributed by atoms with Crippen LogP contribution in [0.1, 0.15) is 12.0 Å². The molecule has 2 heterocycles. The quantitative estimate of drug-likeness (QED) is 0.858. The molecule has 2 aromatic rings. The molecule has 6 nitrogen and oxygen atoms in total. The van der Waals surface area contributed by atoms with E-state index in [-0.39, 0.29) is 11.8 Å². The maximum Gasteiger partial charge on any atom is 0.221 e. The molecule has 0 aliphatic carbocycles. The van der Waals surface area contributed by atoms with Gasteiger partial charge in [0.15, 0.2) is 0 Å². The highest BCUT2D eigenvalue weighted by atomic mass is 16.1. The normalized spacial score (nSPS) is 20.2. The van der Waals surface area contributed by atoms with Crippen molar-refractivity contribution in [1.29, 1.82) is 0 Å². The predicted octanol–water partition coefficient (Wildman–Crippen LogP) is 0.276. The summed E-state index contributed by atoms with van der Waals surface area (Å²) >= 11 is 0. The van der Waals surface area contributed by atoms with Crippen LogP contribution in [0, 0.1) is 5.92 Å². The summed E-state index contributed by atoms with van der Waals surface area (Å²) in [5.41, 5.74) is 8.47. The van der Waals surface area contributed by atoms with E-state index in [9.17, 15) is 4.79 Å². The van der Waals surface area contributed by atoms with Gasteiger partial charge in [-0.2, -0.15) is 0 Å². The SMILES string of the molecule is Cn1nnc2cc(CN3CCC(C(N)=O)C3)ccc21. The van der Waals surface area contributed by atoms with Crippen molar-refractivity contribution in [2.24, 2.45) is 18.7 Å². The Bertz CT molecular complexity index is 621. The lowest BCUT2D eigenvalue weighted by Gasteiger charge is -2.15. The van der Waals surface area contributed by atoms with E-state index in [2.05, 4.69) is 27.3 Å². The third-order valence-corrected chi connectivity index (χ3v) is 3.76. The lowest BCUT2D eigenvalue weighted by molar-refractivity contribution is -0.121. The summed E-state index contributed by atoms with van der Waals surface area (Å²) in [6.45, 7) is 2.51. The van der Waals surface area contributed by atoms with Crippen molar-refractivity contribution in [2.45, 2.75) is 13.0 Å². The van der Waals surface area contributed by atoms with E-state index in [0.717, 1.165) is 37.1 Å². The Labute approximate surface area is 111 Å². The Morgan fingerprint density at radius 3 is 3.11 bits per heavy atom. The summed E-state index contributed by atoms with van der Waals surface area (Å²) in [4.78, 5) is 13.4. The molecule has 1 aromatic heterocycles. The molecular weight excluding hydrogens is 242 g/mol. The van der Waals surface area contributed by atoms with Gasteiger partial charge in [-0.25, -0.2) is 4.68 Å². The van der Waals surface area contributed by atoms with E-state index in [0.29, 0.717) is 0 Å². The fourth-order valence-electron chi connectivity index (χ4n) is 2.65. The Balaban J connectivity index is 1.73. The number of aryl methyl sites for hydroxylation is 1. The minimum atomic E-state index is -0.188. The van der Waals surface area contributed by atoms with Gasteiger partial charge in [0.1, 0.15) is 5.52 Å². The first kappa shape index (κ1) is 12.1. The van der Waals surface area contributed by atoms with Crippen LogP contribution in [0.3, 0.4) is 0 Å². The van der Waals surface area contributed by atoms with Gasteiger partial charge in [-0.1, -0.05) is 11.3 Å². The number of benzene rings is 1. The molecule has 1 fully saturated rings. The molecule has 1 saturated heterocycles. The number of hydrogen-bond acceptors (Lipinski definition) is 4. The van der Waals surface area contributed by atoms with E-state index >= 15 is 0 Å². The Hall–Kier alpha value is -1.95. The standard InChI is InChI=1S/C13H17N5O/c1-17-12-3-2-9(6-11(12)15-16-17)7-18-5-4-10(8-18)13(14)19/h2-3,6,10H,4-5,7-8H2,1H3,(H2,14,19). The number of amides is 1. The number of hydrogen-bond donors (Lipinski definition) is 1. The van der Waals surface area contributed by atoms with Gasteiger partial charge in [0.05, 0.1) is 11.4 Å². The molecule has 0 radical (unpaired) electrons. The minimum Gasteiger partial charge on any atom is -0.369 e. The number of nitrogens with zero attached hydrogens (tertiary/aromatic N) is 4. The van der Waals surface area contributed by atoms with Crippen molar-refractivity contribution in [3.8, 4) is 0 Å². The van der Waals surface area contributed by atoms with Gasteiger partial charge in [-0.15, -0.1) is 5.10 Å². The van der Waals surface area contributed by atoms with Gasteiger partial charge in [0, 0.05) is 20.1 Å². The maximum absolute atomic E-state index is 11.2. The molecule has 1 aliphatic heterocycles. The van der Waals surface area contributed by atoms with Gasteiger partial charge in [-0.3, -0.25) is 9.69 Å².